The number of fused-ring (bicyclic) bond motifs is 1. The predicted molar refractivity (Wildman–Crippen MR) is 79.7 cm³/mol. The molecular weight excluding hydrogens is 310 g/mol. The number of hydrogen-bond acceptors (Lipinski definition) is 6. The standard InChI is InChI=1S/C14H15NO6S/c1-3-8-22(18,19)21-15(2)13(16)11-9-10-6-4-5-7-12(10)20-14(11)17/h4-7,9H,3,8H2,1-2H3. The van der Waals surface area contributed by atoms with Crippen molar-refractivity contribution in [1.29, 1.82) is 0 Å². The topological polar surface area (TPSA) is 93.9 Å². The van der Waals surface area contributed by atoms with Crippen LogP contribution >= 0.6 is 0 Å². The minimum absolute atomic E-state index is 0.225. The molecule has 0 saturated carbocycles. The number of hydrogen-bond donors (Lipinski definition) is 0. The van der Waals surface area contributed by atoms with Crippen LogP contribution in [0.25, 0.3) is 11.0 Å². The Morgan fingerprint density at radius 2 is 2.00 bits per heavy atom. The molecule has 0 fully saturated rings. The van der Waals surface area contributed by atoms with E-state index in [4.69, 9.17) is 4.42 Å². The Balaban J connectivity index is 2.33. The Labute approximate surface area is 127 Å². The van der Waals surface area contributed by atoms with Crippen LogP contribution in [0, 0.1) is 0 Å². The van der Waals surface area contributed by atoms with E-state index in [9.17, 15) is 18.0 Å². The molecule has 22 heavy (non-hydrogen) atoms. The fraction of sp³-hybridized carbons (Fsp3) is 0.286. The van der Waals surface area contributed by atoms with Crippen molar-refractivity contribution in [3.05, 3.63) is 46.3 Å². The maximum absolute atomic E-state index is 12.2. The Morgan fingerprint density at radius 3 is 2.68 bits per heavy atom. The van der Waals surface area contributed by atoms with Gasteiger partial charge in [0, 0.05) is 12.4 Å². The van der Waals surface area contributed by atoms with Crippen LogP contribution in [0.15, 0.2) is 39.5 Å². The lowest BCUT2D eigenvalue weighted by Crippen LogP contribution is -2.33. The third-order valence-electron chi connectivity index (χ3n) is 2.84. The van der Waals surface area contributed by atoms with Gasteiger partial charge in [0.15, 0.2) is 0 Å². The second-order valence-corrected chi connectivity index (χ2v) is 6.30. The van der Waals surface area contributed by atoms with Crippen LogP contribution in [-0.2, 0) is 14.4 Å². The highest BCUT2D eigenvalue weighted by atomic mass is 32.2. The quantitative estimate of drug-likeness (QED) is 0.611. The van der Waals surface area contributed by atoms with E-state index in [2.05, 4.69) is 4.28 Å². The predicted octanol–water partition coefficient (Wildman–Crippen LogP) is 1.54. The number of para-hydroxylation sites is 1. The monoisotopic (exact) mass is 325 g/mol. The number of nitrogens with zero attached hydrogens (tertiary/aromatic N) is 1. The lowest BCUT2D eigenvalue weighted by atomic mass is 10.2. The minimum atomic E-state index is -3.87. The third-order valence-corrected chi connectivity index (χ3v) is 4.20. The maximum Gasteiger partial charge on any atom is 0.349 e. The van der Waals surface area contributed by atoms with E-state index in [1.54, 1.807) is 31.2 Å². The SMILES string of the molecule is CCCS(=O)(=O)ON(C)C(=O)c1cc2ccccc2oc1=O. The highest BCUT2D eigenvalue weighted by molar-refractivity contribution is 7.86. The molecule has 0 aliphatic heterocycles. The van der Waals surface area contributed by atoms with Gasteiger partial charge in [-0.15, -0.1) is 4.28 Å². The Morgan fingerprint density at radius 1 is 1.32 bits per heavy atom. The van der Waals surface area contributed by atoms with Crippen LogP contribution in [-0.4, -0.2) is 32.2 Å². The van der Waals surface area contributed by atoms with Gasteiger partial charge in [-0.2, -0.15) is 8.42 Å². The largest absolute Gasteiger partial charge is 0.422 e. The summed E-state index contributed by atoms with van der Waals surface area (Å²) in [7, 11) is -2.74. The molecule has 2 rings (SSSR count). The van der Waals surface area contributed by atoms with Gasteiger partial charge in [0.25, 0.3) is 16.0 Å². The molecule has 0 radical (unpaired) electrons. The molecular formula is C14H15NO6S. The second-order valence-electron chi connectivity index (χ2n) is 4.62. The number of carbonyl (C=O) groups is 1. The molecule has 0 saturated heterocycles. The minimum Gasteiger partial charge on any atom is -0.422 e. The van der Waals surface area contributed by atoms with Crippen molar-refractivity contribution in [1.82, 2.24) is 5.06 Å². The van der Waals surface area contributed by atoms with E-state index >= 15 is 0 Å². The maximum atomic E-state index is 12.2. The fourth-order valence-corrected chi connectivity index (χ4v) is 2.86. The second kappa shape index (κ2) is 6.29. The molecule has 8 heteroatoms. The van der Waals surface area contributed by atoms with Crippen LogP contribution in [0.4, 0.5) is 0 Å². The van der Waals surface area contributed by atoms with E-state index in [0.717, 1.165) is 7.05 Å². The van der Waals surface area contributed by atoms with Crippen LogP contribution in [0.2, 0.25) is 0 Å². The third kappa shape index (κ3) is 3.52. The molecule has 0 spiro atoms. The first-order valence-electron chi connectivity index (χ1n) is 6.57. The van der Waals surface area contributed by atoms with Crippen molar-refractivity contribution < 1.29 is 21.9 Å². The zero-order chi connectivity index (χ0) is 16.3. The summed E-state index contributed by atoms with van der Waals surface area (Å²) in [5, 5.41) is 1.07. The fourth-order valence-electron chi connectivity index (χ4n) is 1.87. The first-order valence-corrected chi connectivity index (χ1v) is 8.15. The van der Waals surface area contributed by atoms with E-state index < -0.39 is 21.7 Å². The van der Waals surface area contributed by atoms with E-state index in [1.807, 2.05) is 0 Å². The molecule has 0 bridgehead atoms. The van der Waals surface area contributed by atoms with Gasteiger partial charge in [-0.3, -0.25) is 4.79 Å². The summed E-state index contributed by atoms with van der Waals surface area (Å²) in [6.07, 6.45) is 0.350. The molecule has 0 aliphatic rings. The van der Waals surface area contributed by atoms with Crippen LogP contribution in [0.1, 0.15) is 23.7 Å². The number of hydroxylamine groups is 2. The number of amides is 1. The molecule has 2 aromatic rings. The molecule has 118 valence electrons. The molecule has 0 unspecified atom stereocenters. The molecule has 1 aromatic heterocycles. The molecule has 7 nitrogen and oxygen atoms in total. The van der Waals surface area contributed by atoms with Gasteiger partial charge in [0.2, 0.25) is 0 Å². The van der Waals surface area contributed by atoms with Crippen molar-refractivity contribution >= 4 is 27.0 Å². The summed E-state index contributed by atoms with van der Waals surface area (Å²) in [6.45, 7) is 1.67. The normalized spacial score (nSPS) is 11.5. The zero-order valence-corrected chi connectivity index (χ0v) is 12.9. The molecule has 1 amide bonds. The Kier molecular flexibility index (Phi) is 4.62. The average Bonchev–Trinajstić information content (AvgIpc) is 2.45. The first kappa shape index (κ1) is 16.2. The van der Waals surface area contributed by atoms with Gasteiger partial charge in [-0.25, -0.2) is 9.86 Å². The number of rotatable bonds is 5. The van der Waals surface area contributed by atoms with Gasteiger partial charge < -0.3 is 4.42 Å². The van der Waals surface area contributed by atoms with E-state index in [0.29, 0.717) is 22.5 Å². The van der Waals surface area contributed by atoms with Crippen molar-refractivity contribution in [2.45, 2.75) is 13.3 Å². The summed E-state index contributed by atoms with van der Waals surface area (Å²) in [4.78, 5) is 24.0. The molecule has 1 heterocycles. The average molecular weight is 325 g/mol. The molecule has 0 aliphatic carbocycles. The van der Waals surface area contributed by atoms with Crippen molar-refractivity contribution in [3.63, 3.8) is 0 Å². The Bertz CT molecular complexity index is 855. The Hall–Kier alpha value is -2.19. The lowest BCUT2D eigenvalue weighted by Gasteiger charge is -2.15. The zero-order valence-electron chi connectivity index (χ0n) is 12.1. The summed E-state index contributed by atoms with van der Waals surface area (Å²) < 4.78 is 32.8. The van der Waals surface area contributed by atoms with Gasteiger partial charge in [-0.1, -0.05) is 25.1 Å². The van der Waals surface area contributed by atoms with Crippen LogP contribution < -0.4 is 5.63 Å². The summed E-state index contributed by atoms with van der Waals surface area (Å²) in [5.74, 6) is -1.11. The molecule has 0 atom stereocenters. The smallest absolute Gasteiger partial charge is 0.349 e. The van der Waals surface area contributed by atoms with Gasteiger partial charge >= 0.3 is 5.63 Å². The molecule has 1 aromatic carbocycles. The van der Waals surface area contributed by atoms with Crippen LogP contribution in [0.5, 0.6) is 0 Å². The highest BCUT2D eigenvalue weighted by Crippen LogP contribution is 2.14. The van der Waals surface area contributed by atoms with Gasteiger partial charge in [0.05, 0.1) is 5.75 Å². The number of carbonyl (C=O) groups excluding carboxylic acids is 1. The summed E-state index contributed by atoms with van der Waals surface area (Å²) in [5.41, 5.74) is -0.814. The summed E-state index contributed by atoms with van der Waals surface area (Å²) >= 11 is 0. The van der Waals surface area contributed by atoms with E-state index in [1.165, 1.54) is 6.07 Å². The van der Waals surface area contributed by atoms with Gasteiger partial charge in [-0.05, 0) is 18.6 Å². The van der Waals surface area contributed by atoms with Gasteiger partial charge in [0.1, 0.15) is 11.1 Å². The number of benzene rings is 1. The first-order chi connectivity index (χ1) is 10.3. The molecule has 0 N–H and O–H groups in total. The van der Waals surface area contributed by atoms with Crippen molar-refractivity contribution in [2.24, 2.45) is 0 Å². The van der Waals surface area contributed by atoms with Crippen molar-refractivity contribution in [2.75, 3.05) is 12.8 Å². The van der Waals surface area contributed by atoms with Crippen molar-refractivity contribution in [3.8, 4) is 0 Å². The summed E-state index contributed by atoms with van der Waals surface area (Å²) in [6, 6.07) is 8.03. The lowest BCUT2D eigenvalue weighted by molar-refractivity contribution is -0.00908. The van der Waals surface area contributed by atoms with Crippen LogP contribution in [0.3, 0.4) is 0 Å². The van der Waals surface area contributed by atoms with E-state index in [-0.39, 0.29) is 11.3 Å². The highest BCUT2D eigenvalue weighted by Gasteiger charge is 2.23.